The molecule has 0 bridgehead atoms. The summed E-state index contributed by atoms with van der Waals surface area (Å²) < 4.78 is 5.31. The Morgan fingerprint density at radius 2 is 1.94 bits per heavy atom. The van der Waals surface area contributed by atoms with E-state index in [0.717, 1.165) is 37.8 Å². The van der Waals surface area contributed by atoms with Gasteiger partial charge in [0.2, 0.25) is 0 Å². The molecule has 0 atom stereocenters. The normalized spacial score (nSPS) is 10.7. The molecule has 0 spiro atoms. The summed E-state index contributed by atoms with van der Waals surface area (Å²) in [5, 5.41) is 4.21. The lowest BCUT2D eigenvalue weighted by molar-refractivity contribution is 0.145. The van der Waals surface area contributed by atoms with Crippen LogP contribution in [-0.4, -0.2) is 42.4 Å². The maximum absolute atomic E-state index is 5.45. The van der Waals surface area contributed by atoms with Gasteiger partial charge in [-0.1, -0.05) is 19.8 Å². The molecule has 0 saturated heterocycles. The van der Waals surface area contributed by atoms with Gasteiger partial charge in [-0.3, -0.25) is 0 Å². The van der Waals surface area contributed by atoms with Crippen LogP contribution in [0.25, 0.3) is 0 Å². The molecule has 0 radical (unpaired) electrons. The SMILES string of the molecule is CCCCCN(C(=S)NCCCOCC)C(C)C. The summed E-state index contributed by atoms with van der Waals surface area (Å²) in [6, 6.07) is 0.466. The second-order valence-corrected chi connectivity index (χ2v) is 5.16. The van der Waals surface area contributed by atoms with Crippen LogP contribution in [0.1, 0.15) is 53.4 Å². The van der Waals surface area contributed by atoms with Crippen molar-refractivity contribution in [3.8, 4) is 0 Å². The minimum absolute atomic E-state index is 0.466. The smallest absolute Gasteiger partial charge is 0.169 e. The highest BCUT2D eigenvalue weighted by molar-refractivity contribution is 7.80. The predicted molar refractivity (Wildman–Crippen MR) is 83.1 cm³/mol. The summed E-state index contributed by atoms with van der Waals surface area (Å²) in [6.45, 7) is 12.2. The highest BCUT2D eigenvalue weighted by Crippen LogP contribution is 2.04. The molecule has 0 rings (SSSR count). The number of thiocarbonyl (C=S) groups is 1. The molecule has 3 nitrogen and oxygen atoms in total. The molecule has 4 heteroatoms. The average Bonchev–Trinajstić information content (AvgIpc) is 2.33. The topological polar surface area (TPSA) is 24.5 Å². The Kier molecular flexibility index (Phi) is 11.5. The van der Waals surface area contributed by atoms with Crippen LogP contribution in [0.2, 0.25) is 0 Å². The highest BCUT2D eigenvalue weighted by Gasteiger charge is 2.11. The van der Waals surface area contributed by atoms with Gasteiger partial charge in [0.25, 0.3) is 0 Å². The van der Waals surface area contributed by atoms with Crippen molar-refractivity contribution in [3.63, 3.8) is 0 Å². The molecule has 0 aliphatic rings. The molecule has 0 unspecified atom stereocenters. The van der Waals surface area contributed by atoms with Crippen molar-refractivity contribution in [2.45, 2.75) is 59.4 Å². The fraction of sp³-hybridized carbons (Fsp3) is 0.929. The Morgan fingerprint density at radius 1 is 1.22 bits per heavy atom. The molecular formula is C14H30N2OS. The van der Waals surface area contributed by atoms with Crippen LogP contribution < -0.4 is 5.32 Å². The van der Waals surface area contributed by atoms with Gasteiger partial charge in [0, 0.05) is 32.3 Å². The van der Waals surface area contributed by atoms with Crippen LogP contribution >= 0.6 is 12.2 Å². The molecule has 0 aromatic carbocycles. The van der Waals surface area contributed by atoms with Gasteiger partial charge in [0.15, 0.2) is 5.11 Å². The summed E-state index contributed by atoms with van der Waals surface area (Å²) in [7, 11) is 0. The fourth-order valence-corrected chi connectivity index (χ4v) is 2.15. The first-order chi connectivity index (χ1) is 8.63. The van der Waals surface area contributed by atoms with E-state index in [-0.39, 0.29) is 0 Å². The van der Waals surface area contributed by atoms with E-state index >= 15 is 0 Å². The van der Waals surface area contributed by atoms with E-state index in [2.05, 4.69) is 31.0 Å². The van der Waals surface area contributed by atoms with Gasteiger partial charge >= 0.3 is 0 Å². The van der Waals surface area contributed by atoms with Crippen LogP contribution in [0, 0.1) is 0 Å². The Bertz CT molecular complexity index is 210. The molecule has 0 amide bonds. The van der Waals surface area contributed by atoms with Crippen molar-refractivity contribution >= 4 is 17.3 Å². The Balaban J connectivity index is 3.84. The quantitative estimate of drug-likeness (QED) is 0.488. The number of rotatable bonds is 10. The van der Waals surface area contributed by atoms with Crippen molar-refractivity contribution in [2.75, 3.05) is 26.3 Å². The fourth-order valence-electron chi connectivity index (χ4n) is 1.74. The van der Waals surface area contributed by atoms with Gasteiger partial charge in [-0.25, -0.2) is 0 Å². The van der Waals surface area contributed by atoms with E-state index in [1.165, 1.54) is 19.3 Å². The van der Waals surface area contributed by atoms with Gasteiger partial charge in [0.1, 0.15) is 0 Å². The molecule has 0 heterocycles. The Hall–Kier alpha value is -0.350. The Morgan fingerprint density at radius 3 is 2.50 bits per heavy atom. The number of nitrogens with one attached hydrogen (secondary N) is 1. The molecule has 108 valence electrons. The lowest BCUT2D eigenvalue weighted by Gasteiger charge is -2.29. The predicted octanol–water partition coefficient (Wildman–Crippen LogP) is 3.19. The number of hydrogen-bond acceptors (Lipinski definition) is 2. The monoisotopic (exact) mass is 274 g/mol. The first-order valence-corrected chi connectivity index (χ1v) is 7.66. The number of unbranched alkanes of at least 4 members (excludes halogenated alkanes) is 2. The number of nitrogens with zero attached hydrogens (tertiary/aromatic N) is 1. The molecule has 0 aromatic heterocycles. The first kappa shape index (κ1) is 17.6. The summed E-state index contributed by atoms with van der Waals surface area (Å²) in [5.41, 5.74) is 0. The largest absolute Gasteiger partial charge is 0.382 e. The number of hydrogen-bond donors (Lipinski definition) is 1. The third-order valence-electron chi connectivity index (χ3n) is 2.83. The molecule has 0 fully saturated rings. The zero-order valence-corrected chi connectivity index (χ0v) is 13.3. The van der Waals surface area contributed by atoms with Crippen LogP contribution in [-0.2, 0) is 4.74 Å². The van der Waals surface area contributed by atoms with Crippen LogP contribution in [0.4, 0.5) is 0 Å². The van der Waals surface area contributed by atoms with Crippen molar-refractivity contribution in [3.05, 3.63) is 0 Å². The average molecular weight is 274 g/mol. The lowest BCUT2D eigenvalue weighted by Crippen LogP contribution is -2.44. The minimum atomic E-state index is 0.466. The maximum atomic E-state index is 5.45. The van der Waals surface area contributed by atoms with Crippen LogP contribution in [0.3, 0.4) is 0 Å². The van der Waals surface area contributed by atoms with Gasteiger partial charge < -0.3 is 15.0 Å². The lowest BCUT2D eigenvalue weighted by atomic mass is 10.2. The summed E-state index contributed by atoms with van der Waals surface area (Å²) in [5.74, 6) is 0. The van der Waals surface area contributed by atoms with Crippen molar-refractivity contribution in [2.24, 2.45) is 0 Å². The first-order valence-electron chi connectivity index (χ1n) is 7.25. The van der Waals surface area contributed by atoms with E-state index in [9.17, 15) is 0 Å². The van der Waals surface area contributed by atoms with Crippen LogP contribution in [0.5, 0.6) is 0 Å². The van der Waals surface area contributed by atoms with Gasteiger partial charge in [-0.2, -0.15) is 0 Å². The van der Waals surface area contributed by atoms with Crippen molar-refractivity contribution in [1.82, 2.24) is 10.2 Å². The van der Waals surface area contributed by atoms with E-state index in [4.69, 9.17) is 17.0 Å². The third-order valence-corrected chi connectivity index (χ3v) is 3.21. The van der Waals surface area contributed by atoms with E-state index in [1.807, 2.05) is 6.92 Å². The molecule has 18 heavy (non-hydrogen) atoms. The summed E-state index contributed by atoms with van der Waals surface area (Å²) in [4.78, 5) is 2.28. The second kappa shape index (κ2) is 11.7. The van der Waals surface area contributed by atoms with Crippen LogP contribution in [0.15, 0.2) is 0 Å². The third kappa shape index (κ3) is 8.70. The number of ether oxygens (including phenoxy) is 1. The summed E-state index contributed by atoms with van der Waals surface area (Å²) in [6.07, 6.45) is 4.75. The van der Waals surface area contributed by atoms with Gasteiger partial charge in [-0.15, -0.1) is 0 Å². The second-order valence-electron chi connectivity index (χ2n) is 4.78. The molecule has 1 N–H and O–H groups in total. The van der Waals surface area contributed by atoms with Gasteiger partial charge in [-0.05, 0) is 45.8 Å². The van der Waals surface area contributed by atoms with Crippen molar-refractivity contribution in [1.29, 1.82) is 0 Å². The Labute approximate surface area is 118 Å². The van der Waals surface area contributed by atoms with Crippen molar-refractivity contribution < 1.29 is 4.74 Å². The van der Waals surface area contributed by atoms with E-state index in [1.54, 1.807) is 0 Å². The molecule has 0 saturated carbocycles. The molecule has 0 aromatic rings. The standard InChI is InChI=1S/C14H30N2OS/c1-5-7-8-11-16(13(3)4)14(18)15-10-9-12-17-6-2/h13H,5-12H2,1-4H3,(H,15,18). The molecule has 0 aliphatic heterocycles. The van der Waals surface area contributed by atoms with Gasteiger partial charge in [0.05, 0.1) is 0 Å². The zero-order valence-electron chi connectivity index (χ0n) is 12.5. The highest BCUT2D eigenvalue weighted by atomic mass is 32.1. The molecule has 0 aliphatic carbocycles. The molecular weight excluding hydrogens is 244 g/mol. The summed E-state index contributed by atoms with van der Waals surface area (Å²) >= 11 is 5.45. The zero-order chi connectivity index (χ0) is 13.8. The maximum Gasteiger partial charge on any atom is 0.169 e. The minimum Gasteiger partial charge on any atom is -0.382 e. The van der Waals surface area contributed by atoms with E-state index < -0.39 is 0 Å². The van der Waals surface area contributed by atoms with E-state index in [0.29, 0.717) is 6.04 Å².